The summed E-state index contributed by atoms with van der Waals surface area (Å²) in [7, 11) is 0. The van der Waals surface area contributed by atoms with Gasteiger partial charge in [-0.05, 0) is 5.56 Å². The maximum absolute atomic E-state index is 9.09. The van der Waals surface area contributed by atoms with E-state index in [2.05, 4.69) is 4.98 Å². The lowest BCUT2D eigenvalue weighted by atomic mass is 10.1. The van der Waals surface area contributed by atoms with E-state index in [0.717, 1.165) is 16.1 Å². The quantitative estimate of drug-likeness (QED) is 0.790. The van der Waals surface area contributed by atoms with Gasteiger partial charge in [0.25, 0.3) is 0 Å². The van der Waals surface area contributed by atoms with E-state index in [1.165, 1.54) is 0 Å². The summed E-state index contributed by atoms with van der Waals surface area (Å²) in [6.45, 7) is 0.0652. The minimum absolute atomic E-state index is 0.0652. The lowest BCUT2D eigenvalue weighted by Crippen LogP contribution is -1.87. The highest BCUT2D eigenvalue weighted by molar-refractivity contribution is 7.13. The highest BCUT2D eigenvalue weighted by Gasteiger charge is 2.04. The van der Waals surface area contributed by atoms with E-state index in [-0.39, 0.29) is 6.61 Å². The molecule has 2 aromatic rings. The molecule has 1 N–H and O–H groups in total. The van der Waals surface area contributed by atoms with Crippen LogP contribution in [0.2, 0.25) is 0 Å². The van der Waals surface area contributed by atoms with Crippen molar-refractivity contribution in [3.8, 4) is 10.6 Å². The molecule has 0 amide bonds. The Labute approximate surface area is 80.5 Å². The fraction of sp³-hybridized carbons (Fsp3) is 0.100. The third-order valence-electron chi connectivity index (χ3n) is 1.85. The van der Waals surface area contributed by atoms with Gasteiger partial charge in [-0.15, -0.1) is 11.3 Å². The molecule has 0 aliphatic carbocycles. The molecule has 3 heteroatoms. The first-order valence-electron chi connectivity index (χ1n) is 4.00. The average Bonchev–Trinajstić information content (AvgIpc) is 2.70. The van der Waals surface area contributed by atoms with Crippen LogP contribution in [-0.2, 0) is 6.61 Å². The molecule has 0 saturated heterocycles. The van der Waals surface area contributed by atoms with Crippen LogP contribution in [0.3, 0.4) is 0 Å². The SMILES string of the molecule is OCc1ccccc1-c1nccs1. The molecule has 1 heterocycles. The molecule has 0 unspecified atom stereocenters. The van der Waals surface area contributed by atoms with E-state index in [9.17, 15) is 0 Å². The van der Waals surface area contributed by atoms with Crippen LogP contribution in [0, 0.1) is 0 Å². The largest absolute Gasteiger partial charge is 0.392 e. The molecule has 0 bridgehead atoms. The zero-order chi connectivity index (χ0) is 9.10. The molecular weight excluding hydrogens is 182 g/mol. The van der Waals surface area contributed by atoms with Crippen LogP contribution >= 0.6 is 11.3 Å². The van der Waals surface area contributed by atoms with Crippen LogP contribution in [0.15, 0.2) is 35.8 Å². The van der Waals surface area contributed by atoms with Crippen LogP contribution in [0.1, 0.15) is 5.56 Å². The minimum Gasteiger partial charge on any atom is -0.392 e. The molecule has 2 nitrogen and oxygen atoms in total. The fourth-order valence-corrected chi connectivity index (χ4v) is 1.92. The fourth-order valence-electron chi connectivity index (χ4n) is 1.22. The topological polar surface area (TPSA) is 33.1 Å². The van der Waals surface area contributed by atoms with Crippen molar-refractivity contribution in [3.05, 3.63) is 41.4 Å². The predicted molar refractivity (Wildman–Crippen MR) is 53.5 cm³/mol. The van der Waals surface area contributed by atoms with Crippen LogP contribution in [0.25, 0.3) is 10.6 Å². The Morgan fingerprint density at radius 3 is 2.85 bits per heavy atom. The summed E-state index contributed by atoms with van der Waals surface area (Å²) < 4.78 is 0. The Hall–Kier alpha value is -1.19. The molecule has 0 saturated carbocycles. The Morgan fingerprint density at radius 2 is 2.15 bits per heavy atom. The first kappa shape index (κ1) is 8.41. The summed E-state index contributed by atoms with van der Waals surface area (Å²) >= 11 is 1.58. The van der Waals surface area contributed by atoms with Crippen LogP contribution in [-0.4, -0.2) is 10.1 Å². The summed E-state index contributed by atoms with van der Waals surface area (Å²) in [5, 5.41) is 12.0. The number of thiazole rings is 1. The number of nitrogens with zero attached hydrogens (tertiary/aromatic N) is 1. The molecule has 0 fully saturated rings. The number of hydrogen-bond donors (Lipinski definition) is 1. The van der Waals surface area contributed by atoms with Crippen molar-refractivity contribution in [2.45, 2.75) is 6.61 Å². The van der Waals surface area contributed by atoms with Gasteiger partial charge >= 0.3 is 0 Å². The zero-order valence-electron chi connectivity index (χ0n) is 6.97. The molecule has 2 rings (SSSR count). The van der Waals surface area contributed by atoms with Gasteiger partial charge < -0.3 is 5.11 Å². The summed E-state index contributed by atoms with van der Waals surface area (Å²) in [4.78, 5) is 4.20. The Bertz CT molecular complexity index is 384. The number of aromatic nitrogens is 1. The van der Waals surface area contributed by atoms with E-state index >= 15 is 0 Å². The number of aliphatic hydroxyl groups is 1. The summed E-state index contributed by atoms with van der Waals surface area (Å²) in [5.41, 5.74) is 1.96. The molecule has 0 aliphatic rings. The predicted octanol–water partition coefficient (Wildman–Crippen LogP) is 2.30. The number of benzene rings is 1. The Balaban J connectivity index is 2.51. The van der Waals surface area contributed by atoms with Crippen molar-refractivity contribution >= 4 is 11.3 Å². The van der Waals surface area contributed by atoms with Gasteiger partial charge in [-0.3, -0.25) is 0 Å². The Kier molecular flexibility index (Phi) is 2.38. The molecule has 0 spiro atoms. The third-order valence-corrected chi connectivity index (χ3v) is 2.66. The van der Waals surface area contributed by atoms with Crippen molar-refractivity contribution in [2.24, 2.45) is 0 Å². The normalized spacial score (nSPS) is 10.2. The van der Waals surface area contributed by atoms with E-state index in [1.54, 1.807) is 17.5 Å². The van der Waals surface area contributed by atoms with Crippen LogP contribution in [0.4, 0.5) is 0 Å². The molecule has 13 heavy (non-hydrogen) atoms. The highest BCUT2D eigenvalue weighted by Crippen LogP contribution is 2.25. The van der Waals surface area contributed by atoms with Gasteiger partial charge in [-0.2, -0.15) is 0 Å². The van der Waals surface area contributed by atoms with Gasteiger partial charge in [0.15, 0.2) is 0 Å². The van der Waals surface area contributed by atoms with Crippen molar-refractivity contribution < 1.29 is 5.11 Å². The van der Waals surface area contributed by atoms with Gasteiger partial charge in [0.1, 0.15) is 5.01 Å². The van der Waals surface area contributed by atoms with Gasteiger partial charge in [-0.25, -0.2) is 4.98 Å². The van der Waals surface area contributed by atoms with Crippen molar-refractivity contribution in [1.82, 2.24) is 4.98 Å². The second-order valence-corrected chi connectivity index (χ2v) is 3.55. The van der Waals surface area contributed by atoms with Gasteiger partial charge in [0, 0.05) is 17.1 Å². The van der Waals surface area contributed by atoms with E-state index in [1.807, 2.05) is 29.6 Å². The zero-order valence-corrected chi connectivity index (χ0v) is 7.79. The second-order valence-electron chi connectivity index (χ2n) is 2.65. The second kappa shape index (κ2) is 3.68. The van der Waals surface area contributed by atoms with E-state index < -0.39 is 0 Å². The summed E-state index contributed by atoms with van der Waals surface area (Å²) in [6.07, 6.45) is 1.77. The lowest BCUT2D eigenvalue weighted by molar-refractivity contribution is 0.282. The van der Waals surface area contributed by atoms with E-state index in [4.69, 9.17) is 5.11 Å². The van der Waals surface area contributed by atoms with Crippen molar-refractivity contribution in [2.75, 3.05) is 0 Å². The maximum Gasteiger partial charge on any atom is 0.123 e. The van der Waals surface area contributed by atoms with E-state index in [0.29, 0.717) is 0 Å². The summed E-state index contributed by atoms with van der Waals surface area (Å²) in [5.74, 6) is 0. The monoisotopic (exact) mass is 191 g/mol. The van der Waals surface area contributed by atoms with Gasteiger partial charge in [0.2, 0.25) is 0 Å². The molecule has 1 aromatic heterocycles. The smallest absolute Gasteiger partial charge is 0.123 e. The number of hydrogen-bond acceptors (Lipinski definition) is 3. The maximum atomic E-state index is 9.09. The first-order valence-corrected chi connectivity index (χ1v) is 4.88. The molecule has 1 aromatic carbocycles. The van der Waals surface area contributed by atoms with Crippen molar-refractivity contribution in [1.29, 1.82) is 0 Å². The van der Waals surface area contributed by atoms with Crippen LogP contribution in [0.5, 0.6) is 0 Å². The molecule has 66 valence electrons. The van der Waals surface area contributed by atoms with Gasteiger partial charge in [0.05, 0.1) is 6.61 Å². The highest BCUT2D eigenvalue weighted by atomic mass is 32.1. The Morgan fingerprint density at radius 1 is 1.31 bits per heavy atom. The number of aliphatic hydroxyl groups excluding tert-OH is 1. The molecule has 0 aliphatic heterocycles. The number of rotatable bonds is 2. The van der Waals surface area contributed by atoms with Crippen LogP contribution < -0.4 is 0 Å². The average molecular weight is 191 g/mol. The van der Waals surface area contributed by atoms with Gasteiger partial charge in [-0.1, -0.05) is 24.3 Å². The lowest BCUT2D eigenvalue weighted by Gasteiger charge is -2.02. The standard InChI is InChI=1S/C10H9NOS/c12-7-8-3-1-2-4-9(8)10-11-5-6-13-10/h1-6,12H,7H2. The third kappa shape index (κ3) is 1.61. The molecule has 0 atom stereocenters. The summed E-state index contributed by atoms with van der Waals surface area (Å²) in [6, 6.07) is 7.76. The molecular formula is C10H9NOS. The first-order chi connectivity index (χ1) is 6.42. The van der Waals surface area contributed by atoms with Crippen molar-refractivity contribution in [3.63, 3.8) is 0 Å². The minimum atomic E-state index is 0.0652. The molecule has 0 radical (unpaired) electrons.